The number of anilines is 1. The summed E-state index contributed by atoms with van der Waals surface area (Å²) in [6, 6.07) is 17.6. The Labute approximate surface area is 181 Å². The SMILES string of the molecule is COc1ccc2c(c1)OC1(CCN(c3cc(-c4ccccc4)nc(C)n3)CC1)CC2=O. The summed E-state index contributed by atoms with van der Waals surface area (Å²) in [4.78, 5) is 24.4. The first-order valence-corrected chi connectivity index (χ1v) is 10.6. The predicted molar refractivity (Wildman–Crippen MR) is 119 cm³/mol. The van der Waals surface area contributed by atoms with Crippen LogP contribution in [0.25, 0.3) is 11.3 Å². The summed E-state index contributed by atoms with van der Waals surface area (Å²) < 4.78 is 11.7. The Balaban J connectivity index is 1.36. The van der Waals surface area contributed by atoms with Crippen molar-refractivity contribution in [3.05, 3.63) is 66.0 Å². The molecule has 0 radical (unpaired) electrons. The number of fused-ring (bicyclic) bond motifs is 1. The number of hydrogen-bond donors (Lipinski definition) is 0. The minimum atomic E-state index is -0.461. The molecule has 1 fully saturated rings. The van der Waals surface area contributed by atoms with E-state index in [-0.39, 0.29) is 5.78 Å². The smallest absolute Gasteiger partial charge is 0.170 e. The third kappa shape index (κ3) is 3.74. The number of rotatable bonds is 3. The van der Waals surface area contributed by atoms with Gasteiger partial charge in [0.15, 0.2) is 5.78 Å². The van der Waals surface area contributed by atoms with Crippen molar-refractivity contribution in [1.29, 1.82) is 0 Å². The number of Topliss-reactive ketones (excluding diaryl/α,β-unsaturated/α-hetero) is 1. The Morgan fingerprint density at radius 3 is 2.55 bits per heavy atom. The first kappa shape index (κ1) is 19.5. The molecular weight excluding hydrogens is 390 g/mol. The lowest BCUT2D eigenvalue weighted by Gasteiger charge is -2.44. The summed E-state index contributed by atoms with van der Waals surface area (Å²) in [6.07, 6.45) is 1.94. The van der Waals surface area contributed by atoms with E-state index >= 15 is 0 Å². The number of aromatic nitrogens is 2. The summed E-state index contributed by atoms with van der Waals surface area (Å²) in [6.45, 7) is 3.48. The van der Waals surface area contributed by atoms with Crippen molar-refractivity contribution in [3.63, 3.8) is 0 Å². The fourth-order valence-electron chi connectivity index (χ4n) is 4.49. The lowest BCUT2D eigenvalue weighted by Crippen LogP contribution is -2.51. The number of aryl methyl sites for hydroxylation is 1. The van der Waals surface area contributed by atoms with Gasteiger partial charge in [-0.05, 0) is 19.1 Å². The van der Waals surface area contributed by atoms with Crippen LogP contribution in [-0.4, -0.2) is 41.6 Å². The van der Waals surface area contributed by atoms with Crippen molar-refractivity contribution in [2.45, 2.75) is 31.8 Å². The quantitative estimate of drug-likeness (QED) is 0.629. The number of nitrogens with zero attached hydrogens (tertiary/aromatic N) is 3. The van der Waals surface area contributed by atoms with Crippen LogP contribution in [0.1, 0.15) is 35.4 Å². The van der Waals surface area contributed by atoms with Crippen molar-refractivity contribution in [3.8, 4) is 22.8 Å². The summed E-state index contributed by atoms with van der Waals surface area (Å²) >= 11 is 0. The zero-order chi connectivity index (χ0) is 21.4. The van der Waals surface area contributed by atoms with E-state index in [1.54, 1.807) is 13.2 Å². The van der Waals surface area contributed by atoms with Crippen LogP contribution in [0.15, 0.2) is 54.6 Å². The molecule has 1 spiro atoms. The molecule has 0 amide bonds. The van der Waals surface area contributed by atoms with Crippen LogP contribution in [-0.2, 0) is 0 Å². The van der Waals surface area contributed by atoms with Gasteiger partial charge in [-0.15, -0.1) is 0 Å². The molecule has 2 aromatic carbocycles. The van der Waals surface area contributed by atoms with Gasteiger partial charge in [0.2, 0.25) is 0 Å². The van der Waals surface area contributed by atoms with Crippen molar-refractivity contribution in [2.24, 2.45) is 0 Å². The first-order valence-electron chi connectivity index (χ1n) is 10.6. The Hall–Kier alpha value is -3.41. The summed E-state index contributed by atoms with van der Waals surface area (Å²) in [5.74, 6) is 3.15. The molecule has 3 heterocycles. The number of carbonyl (C=O) groups is 1. The van der Waals surface area contributed by atoms with E-state index in [1.165, 1.54) is 0 Å². The Morgan fingerprint density at radius 1 is 1.03 bits per heavy atom. The Morgan fingerprint density at radius 2 is 1.81 bits per heavy atom. The summed E-state index contributed by atoms with van der Waals surface area (Å²) in [5.41, 5.74) is 2.19. The lowest BCUT2D eigenvalue weighted by atomic mass is 9.82. The largest absolute Gasteiger partial charge is 0.497 e. The van der Waals surface area contributed by atoms with Gasteiger partial charge in [0.05, 0.1) is 24.8 Å². The first-order chi connectivity index (χ1) is 15.0. The van der Waals surface area contributed by atoms with Gasteiger partial charge in [0.1, 0.15) is 28.7 Å². The molecule has 2 aliphatic rings. The Bertz CT molecular complexity index is 1120. The molecular formula is C25H25N3O3. The molecule has 3 aromatic rings. The summed E-state index contributed by atoms with van der Waals surface area (Å²) in [5, 5.41) is 0. The second-order valence-electron chi connectivity index (χ2n) is 8.26. The van der Waals surface area contributed by atoms with Gasteiger partial charge in [0, 0.05) is 43.6 Å². The van der Waals surface area contributed by atoms with Gasteiger partial charge in [0.25, 0.3) is 0 Å². The van der Waals surface area contributed by atoms with Gasteiger partial charge >= 0.3 is 0 Å². The molecule has 6 heteroatoms. The number of methoxy groups -OCH3 is 1. The van der Waals surface area contributed by atoms with E-state index < -0.39 is 5.60 Å². The fraction of sp³-hybridized carbons (Fsp3) is 0.320. The predicted octanol–water partition coefficient (Wildman–Crippen LogP) is 4.47. The molecule has 0 saturated carbocycles. The number of hydrogen-bond acceptors (Lipinski definition) is 6. The molecule has 6 nitrogen and oxygen atoms in total. The highest BCUT2D eigenvalue weighted by Gasteiger charge is 2.43. The van der Waals surface area contributed by atoms with E-state index in [4.69, 9.17) is 9.47 Å². The number of ether oxygens (including phenoxy) is 2. The van der Waals surface area contributed by atoms with E-state index in [0.717, 1.165) is 48.8 Å². The van der Waals surface area contributed by atoms with E-state index in [0.29, 0.717) is 23.5 Å². The van der Waals surface area contributed by atoms with Crippen LogP contribution in [0, 0.1) is 6.92 Å². The molecule has 0 unspecified atom stereocenters. The van der Waals surface area contributed by atoms with Crippen LogP contribution >= 0.6 is 0 Å². The molecule has 1 saturated heterocycles. The normalized spacial score (nSPS) is 17.2. The second kappa shape index (κ2) is 7.69. The highest BCUT2D eigenvalue weighted by atomic mass is 16.5. The number of benzene rings is 2. The maximum absolute atomic E-state index is 12.8. The third-order valence-corrected chi connectivity index (χ3v) is 6.19. The molecule has 2 aliphatic heterocycles. The lowest BCUT2D eigenvalue weighted by molar-refractivity contribution is 0.0229. The number of ketones is 1. The highest BCUT2D eigenvalue weighted by Crippen LogP contribution is 2.41. The molecule has 5 rings (SSSR count). The van der Waals surface area contributed by atoms with Crippen molar-refractivity contribution < 1.29 is 14.3 Å². The van der Waals surface area contributed by atoms with Gasteiger partial charge in [-0.3, -0.25) is 4.79 Å². The molecule has 0 atom stereocenters. The molecule has 0 N–H and O–H groups in total. The maximum atomic E-state index is 12.8. The average molecular weight is 415 g/mol. The molecule has 0 bridgehead atoms. The van der Waals surface area contributed by atoms with E-state index in [1.807, 2.05) is 43.3 Å². The summed E-state index contributed by atoms with van der Waals surface area (Å²) in [7, 11) is 1.62. The molecule has 1 aromatic heterocycles. The van der Waals surface area contributed by atoms with Crippen molar-refractivity contribution >= 4 is 11.6 Å². The topological polar surface area (TPSA) is 64.6 Å². The Kier molecular flexibility index (Phi) is 4.85. The van der Waals surface area contributed by atoms with E-state index in [2.05, 4.69) is 27.0 Å². The van der Waals surface area contributed by atoms with E-state index in [9.17, 15) is 4.79 Å². The number of carbonyl (C=O) groups excluding carboxylic acids is 1. The second-order valence-corrected chi connectivity index (χ2v) is 8.26. The fourth-order valence-corrected chi connectivity index (χ4v) is 4.49. The van der Waals surface area contributed by atoms with Gasteiger partial charge in [-0.2, -0.15) is 0 Å². The molecule has 31 heavy (non-hydrogen) atoms. The van der Waals surface area contributed by atoms with Crippen molar-refractivity contribution in [1.82, 2.24) is 9.97 Å². The minimum absolute atomic E-state index is 0.140. The van der Waals surface area contributed by atoms with Crippen LogP contribution in [0.2, 0.25) is 0 Å². The monoisotopic (exact) mass is 415 g/mol. The molecule has 158 valence electrons. The van der Waals surface area contributed by atoms with Crippen molar-refractivity contribution in [2.75, 3.05) is 25.1 Å². The number of piperidine rings is 1. The zero-order valence-electron chi connectivity index (χ0n) is 17.8. The zero-order valence-corrected chi connectivity index (χ0v) is 17.8. The van der Waals surface area contributed by atoms with Gasteiger partial charge in [-0.25, -0.2) is 9.97 Å². The average Bonchev–Trinajstić information content (AvgIpc) is 2.79. The van der Waals surface area contributed by atoms with Crippen LogP contribution < -0.4 is 14.4 Å². The minimum Gasteiger partial charge on any atom is -0.497 e. The van der Waals surface area contributed by atoms with Crippen LogP contribution in [0.4, 0.5) is 5.82 Å². The maximum Gasteiger partial charge on any atom is 0.170 e. The highest BCUT2D eigenvalue weighted by molar-refractivity contribution is 6.00. The van der Waals surface area contributed by atoms with Gasteiger partial charge < -0.3 is 14.4 Å². The standard InChI is InChI=1S/C25H25N3O3/c1-17-26-21(18-6-4-3-5-7-18)15-24(27-17)28-12-10-25(11-13-28)16-22(29)20-9-8-19(30-2)14-23(20)31-25/h3-9,14-15H,10-13,16H2,1-2H3. The van der Waals surface area contributed by atoms with Gasteiger partial charge in [-0.1, -0.05) is 30.3 Å². The van der Waals surface area contributed by atoms with Crippen LogP contribution in [0.3, 0.4) is 0 Å². The van der Waals surface area contributed by atoms with Crippen LogP contribution in [0.5, 0.6) is 11.5 Å². The third-order valence-electron chi connectivity index (χ3n) is 6.19. The molecule has 0 aliphatic carbocycles.